The summed E-state index contributed by atoms with van der Waals surface area (Å²) in [7, 11) is 1.88. The molecular formula is C13H16N2O. The van der Waals surface area contributed by atoms with Crippen LogP contribution in [-0.2, 0) is 6.54 Å². The zero-order chi connectivity index (χ0) is 11.5. The molecular weight excluding hydrogens is 200 g/mol. The van der Waals surface area contributed by atoms with Crippen LogP contribution in [0.4, 0.5) is 0 Å². The van der Waals surface area contributed by atoms with Gasteiger partial charge in [0.2, 0.25) is 5.89 Å². The molecule has 0 saturated carbocycles. The third kappa shape index (κ3) is 2.31. The summed E-state index contributed by atoms with van der Waals surface area (Å²) < 4.78 is 5.65. The lowest BCUT2D eigenvalue weighted by molar-refractivity contribution is 0.491. The molecule has 0 bridgehead atoms. The molecule has 1 N–H and O–H groups in total. The van der Waals surface area contributed by atoms with Crippen LogP contribution >= 0.6 is 0 Å². The van der Waals surface area contributed by atoms with Crippen LogP contribution in [0.3, 0.4) is 0 Å². The lowest BCUT2D eigenvalue weighted by atomic mass is 10.1. The van der Waals surface area contributed by atoms with Gasteiger partial charge in [-0.3, -0.25) is 0 Å². The molecule has 16 heavy (non-hydrogen) atoms. The molecule has 3 heteroatoms. The van der Waals surface area contributed by atoms with E-state index in [4.69, 9.17) is 4.42 Å². The Kier molecular flexibility index (Phi) is 3.06. The molecule has 0 unspecified atom stereocenters. The molecule has 0 radical (unpaired) electrons. The van der Waals surface area contributed by atoms with E-state index in [0.29, 0.717) is 6.54 Å². The normalized spacial score (nSPS) is 10.7. The molecule has 0 aliphatic rings. The fourth-order valence-corrected chi connectivity index (χ4v) is 1.79. The smallest absolute Gasteiger partial charge is 0.208 e. The number of rotatable bonds is 3. The summed E-state index contributed by atoms with van der Waals surface area (Å²) in [5, 5.41) is 3.02. The van der Waals surface area contributed by atoms with Gasteiger partial charge in [0.15, 0.2) is 5.76 Å². The van der Waals surface area contributed by atoms with Crippen LogP contribution in [0.5, 0.6) is 0 Å². The Morgan fingerprint density at radius 2 is 1.88 bits per heavy atom. The Hall–Kier alpha value is -1.61. The molecule has 84 valence electrons. The van der Waals surface area contributed by atoms with E-state index in [1.807, 2.05) is 7.05 Å². The van der Waals surface area contributed by atoms with Crippen molar-refractivity contribution in [1.29, 1.82) is 0 Å². The van der Waals surface area contributed by atoms with E-state index < -0.39 is 0 Å². The Labute approximate surface area is 95.5 Å². The number of oxazole rings is 1. The summed E-state index contributed by atoms with van der Waals surface area (Å²) in [5.74, 6) is 1.55. The molecule has 3 nitrogen and oxygen atoms in total. The monoisotopic (exact) mass is 216 g/mol. The second-order valence-electron chi connectivity index (χ2n) is 4.02. The van der Waals surface area contributed by atoms with Crippen LogP contribution < -0.4 is 5.32 Å². The molecule has 0 atom stereocenters. The molecule has 0 spiro atoms. The second-order valence-corrected chi connectivity index (χ2v) is 4.02. The minimum absolute atomic E-state index is 0.658. The molecule has 0 aliphatic carbocycles. The van der Waals surface area contributed by atoms with Gasteiger partial charge in [0.1, 0.15) is 0 Å². The first-order valence-corrected chi connectivity index (χ1v) is 5.37. The van der Waals surface area contributed by atoms with Crippen molar-refractivity contribution >= 4 is 0 Å². The maximum absolute atomic E-state index is 5.65. The third-order valence-electron chi connectivity index (χ3n) is 2.39. The first kappa shape index (κ1) is 10.9. The zero-order valence-electron chi connectivity index (χ0n) is 9.87. The number of aromatic nitrogens is 1. The SMILES string of the molecule is CNCc1ncc(-c2cc(C)cc(C)c2)o1. The third-order valence-corrected chi connectivity index (χ3v) is 2.39. The van der Waals surface area contributed by atoms with Crippen molar-refractivity contribution < 1.29 is 4.42 Å². The molecule has 0 amide bonds. The number of aryl methyl sites for hydroxylation is 2. The topological polar surface area (TPSA) is 38.1 Å². The Balaban J connectivity index is 2.34. The summed E-state index contributed by atoms with van der Waals surface area (Å²) in [6, 6.07) is 6.36. The van der Waals surface area contributed by atoms with E-state index in [2.05, 4.69) is 42.3 Å². The molecule has 1 aromatic carbocycles. The van der Waals surface area contributed by atoms with Crippen molar-refractivity contribution in [2.75, 3.05) is 7.05 Å². The van der Waals surface area contributed by atoms with Gasteiger partial charge in [0.05, 0.1) is 12.7 Å². The summed E-state index contributed by atoms with van der Waals surface area (Å²) in [5.41, 5.74) is 3.57. The molecule has 1 heterocycles. The van der Waals surface area contributed by atoms with Crippen LogP contribution in [0.15, 0.2) is 28.8 Å². The highest BCUT2D eigenvalue weighted by molar-refractivity contribution is 5.58. The molecule has 0 saturated heterocycles. The maximum Gasteiger partial charge on any atom is 0.208 e. The first-order chi connectivity index (χ1) is 7.69. The number of hydrogen-bond acceptors (Lipinski definition) is 3. The summed E-state index contributed by atoms with van der Waals surface area (Å²) in [4.78, 5) is 4.21. The van der Waals surface area contributed by atoms with Gasteiger partial charge in [-0.2, -0.15) is 0 Å². The van der Waals surface area contributed by atoms with Gasteiger partial charge in [-0.25, -0.2) is 4.98 Å². The van der Waals surface area contributed by atoms with Crippen LogP contribution in [0.2, 0.25) is 0 Å². The molecule has 1 aromatic heterocycles. The quantitative estimate of drug-likeness (QED) is 0.857. The van der Waals surface area contributed by atoms with Crippen molar-refractivity contribution in [2.24, 2.45) is 0 Å². The van der Waals surface area contributed by atoms with Gasteiger partial charge in [-0.05, 0) is 33.0 Å². The minimum atomic E-state index is 0.658. The number of hydrogen-bond donors (Lipinski definition) is 1. The van der Waals surface area contributed by atoms with E-state index in [1.165, 1.54) is 11.1 Å². The average Bonchev–Trinajstić information content (AvgIpc) is 2.65. The van der Waals surface area contributed by atoms with Gasteiger partial charge in [-0.1, -0.05) is 17.2 Å². The van der Waals surface area contributed by atoms with E-state index in [1.54, 1.807) is 6.20 Å². The average molecular weight is 216 g/mol. The lowest BCUT2D eigenvalue weighted by Gasteiger charge is -2.01. The van der Waals surface area contributed by atoms with Gasteiger partial charge >= 0.3 is 0 Å². The van der Waals surface area contributed by atoms with Crippen molar-refractivity contribution in [3.05, 3.63) is 41.4 Å². The number of benzene rings is 1. The van der Waals surface area contributed by atoms with Crippen molar-refractivity contribution in [2.45, 2.75) is 20.4 Å². The Morgan fingerprint density at radius 1 is 1.19 bits per heavy atom. The van der Waals surface area contributed by atoms with E-state index in [-0.39, 0.29) is 0 Å². The largest absolute Gasteiger partial charge is 0.439 e. The van der Waals surface area contributed by atoms with E-state index in [9.17, 15) is 0 Å². The van der Waals surface area contributed by atoms with Gasteiger partial charge in [-0.15, -0.1) is 0 Å². The lowest BCUT2D eigenvalue weighted by Crippen LogP contribution is -2.04. The van der Waals surface area contributed by atoms with Crippen molar-refractivity contribution in [3.63, 3.8) is 0 Å². The molecule has 2 rings (SSSR count). The molecule has 0 fully saturated rings. The fourth-order valence-electron chi connectivity index (χ4n) is 1.79. The maximum atomic E-state index is 5.65. The number of nitrogens with one attached hydrogen (secondary N) is 1. The van der Waals surface area contributed by atoms with Gasteiger partial charge < -0.3 is 9.73 Å². The Bertz CT molecular complexity index is 468. The van der Waals surface area contributed by atoms with E-state index in [0.717, 1.165) is 17.2 Å². The van der Waals surface area contributed by atoms with Crippen LogP contribution in [-0.4, -0.2) is 12.0 Å². The number of nitrogens with zero attached hydrogens (tertiary/aromatic N) is 1. The highest BCUT2D eigenvalue weighted by Crippen LogP contribution is 2.22. The Morgan fingerprint density at radius 3 is 2.50 bits per heavy atom. The fraction of sp³-hybridized carbons (Fsp3) is 0.308. The highest BCUT2D eigenvalue weighted by Gasteiger charge is 2.06. The van der Waals surface area contributed by atoms with E-state index >= 15 is 0 Å². The minimum Gasteiger partial charge on any atom is -0.439 e. The molecule has 2 aromatic rings. The van der Waals surface area contributed by atoms with Gasteiger partial charge in [0.25, 0.3) is 0 Å². The highest BCUT2D eigenvalue weighted by atomic mass is 16.4. The van der Waals surface area contributed by atoms with Crippen LogP contribution in [0.25, 0.3) is 11.3 Å². The summed E-state index contributed by atoms with van der Waals surface area (Å²) in [6.07, 6.45) is 1.78. The van der Waals surface area contributed by atoms with Crippen molar-refractivity contribution in [1.82, 2.24) is 10.3 Å². The predicted octanol–water partition coefficient (Wildman–Crippen LogP) is 2.68. The summed E-state index contributed by atoms with van der Waals surface area (Å²) >= 11 is 0. The zero-order valence-corrected chi connectivity index (χ0v) is 9.87. The van der Waals surface area contributed by atoms with Crippen LogP contribution in [0.1, 0.15) is 17.0 Å². The first-order valence-electron chi connectivity index (χ1n) is 5.37. The van der Waals surface area contributed by atoms with Gasteiger partial charge in [0, 0.05) is 5.56 Å². The van der Waals surface area contributed by atoms with Crippen LogP contribution in [0, 0.1) is 13.8 Å². The second kappa shape index (κ2) is 4.49. The standard InChI is InChI=1S/C13H16N2O/c1-9-4-10(2)6-11(5-9)12-7-15-13(16-12)8-14-3/h4-7,14H,8H2,1-3H3. The summed E-state index contributed by atoms with van der Waals surface area (Å²) in [6.45, 7) is 4.83. The molecule has 0 aliphatic heterocycles. The van der Waals surface area contributed by atoms with Crippen molar-refractivity contribution in [3.8, 4) is 11.3 Å². The predicted molar refractivity (Wildman–Crippen MR) is 64.2 cm³/mol.